The van der Waals surface area contributed by atoms with Crippen molar-refractivity contribution in [3.05, 3.63) is 35.4 Å². The Kier molecular flexibility index (Phi) is 4.45. The van der Waals surface area contributed by atoms with Gasteiger partial charge in [0.25, 0.3) is 5.91 Å². The average molecular weight is 220 g/mol. The number of nitrogens with zero attached hydrogens (tertiary/aromatic N) is 1. The lowest BCUT2D eigenvalue weighted by Crippen LogP contribution is -2.34. The number of hydrogen-bond donors (Lipinski definition) is 3. The molecule has 3 N–H and O–H groups in total. The molecule has 0 spiro atoms. The Morgan fingerprint density at radius 2 is 2.19 bits per heavy atom. The third kappa shape index (κ3) is 3.05. The minimum absolute atomic E-state index is 0.0465. The van der Waals surface area contributed by atoms with Gasteiger partial charge >= 0.3 is 0 Å². The number of carbonyl (C=O) groups is 1. The van der Waals surface area contributed by atoms with Gasteiger partial charge < -0.3 is 15.5 Å². The highest BCUT2D eigenvalue weighted by atomic mass is 16.3. The molecular formula is C11H12N2O3. The SMILES string of the molecule is N#Cc1ccccc1C(=O)NCC(O)CO. The molecule has 0 aliphatic rings. The summed E-state index contributed by atoms with van der Waals surface area (Å²) in [6.07, 6.45) is -0.988. The first-order chi connectivity index (χ1) is 7.69. The molecule has 0 heterocycles. The van der Waals surface area contributed by atoms with Crippen molar-refractivity contribution in [3.8, 4) is 6.07 Å². The van der Waals surface area contributed by atoms with Crippen LogP contribution in [0.5, 0.6) is 0 Å². The van der Waals surface area contributed by atoms with Crippen LogP contribution in [0.15, 0.2) is 24.3 Å². The van der Waals surface area contributed by atoms with Crippen molar-refractivity contribution < 1.29 is 15.0 Å². The number of benzene rings is 1. The molecule has 16 heavy (non-hydrogen) atoms. The van der Waals surface area contributed by atoms with Gasteiger partial charge in [0.05, 0.1) is 29.9 Å². The number of carbonyl (C=O) groups excluding carboxylic acids is 1. The highest BCUT2D eigenvalue weighted by Gasteiger charge is 2.11. The Hall–Kier alpha value is -1.90. The van der Waals surface area contributed by atoms with Gasteiger partial charge in [-0.05, 0) is 12.1 Å². The molecule has 0 aliphatic carbocycles. The van der Waals surface area contributed by atoms with Crippen molar-refractivity contribution in [1.82, 2.24) is 5.32 Å². The molecule has 0 saturated heterocycles. The van der Waals surface area contributed by atoms with E-state index >= 15 is 0 Å². The van der Waals surface area contributed by atoms with Crippen LogP contribution >= 0.6 is 0 Å². The van der Waals surface area contributed by atoms with Crippen molar-refractivity contribution >= 4 is 5.91 Å². The Morgan fingerprint density at radius 1 is 1.50 bits per heavy atom. The molecule has 0 bridgehead atoms. The minimum Gasteiger partial charge on any atom is -0.394 e. The van der Waals surface area contributed by atoms with Gasteiger partial charge in [-0.25, -0.2) is 0 Å². The van der Waals surface area contributed by atoms with Crippen LogP contribution in [0.2, 0.25) is 0 Å². The summed E-state index contributed by atoms with van der Waals surface area (Å²) in [5, 5.41) is 28.8. The van der Waals surface area contributed by atoms with Gasteiger partial charge in [-0.1, -0.05) is 12.1 Å². The number of aliphatic hydroxyl groups excluding tert-OH is 2. The van der Waals surface area contributed by atoms with Crippen LogP contribution in [0.1, 0.15) is 15.9 Å². The van der Waals surface area contributed by atoms with Gasteiger partial charge in [-0.2, -0.15) is 5.26 Å². The van der Waals surface area contributed by atoms with Crippen LogP contribution in [-0.4, -0.2) is 35.4 Å². The van der Waals surface area contributed by atoms with Crippen molar-refractivity contribution in [2.75, 3.05) is 13.2 Å². The minimum atomic E-state index is -0.988. The molecule has 5 heteroatoms. The number of aliphatic hydroxyl groups is 2. The topological polar surface area (TPSA) is 93.4 Å². The highest BCUT2D eigenvalue weighted by molar-refractivity contribution is 5.96. The maximum absolute atomic E-state index is 11.6. The van der Waals surface area contributed by atoms with Crippen molar-refractivity contribution in [1.29, 1.82) is 5.26 Å². The third-order valence-corrected chi connectivity index (χ3v) is 2.00. The lowest BCUT2D eigenvalue weighted by molar-refractivity contribution is 0.0802. The summed E-state index contributed by atoms with van der Waals surface area (Å²) < 4.78 is 0. The normalized spacial score (nSPS) is 11.6. The average Bonchev–Trinajstić information content (AvgIpc) is 2.35. The predicted molar refractivity (Wildman–Crippen MR) is 56.6 cm³/mol. The van der Waals surface area contributed by atoms with Gasteiger partial charge in [-0.3, -0.25) is 4.79 Å². The quantitative estimate of drug-likeness (QED) is 0.646. The molecule has 0 aromatic heterocycles. The van der Waals surface area contributed by atoms with Gasteiger partial charge in [0, 0.05) is 6.54 Å². The van der Waals surface area contributed by atoms with E-state index < -0.39 is 18.6 Å². The van der Waals surface area contributed by atoms with Gasteiger partial charge in [-0.15, -0.1) is 0 Å². The van der Waals surface area contributed by atoms with Crippen LogP contribution in [0.25, 0.3) is 0 Å². The molecule has 1 amide bonds. The van der Waals surface area contributed by atoms with Crippen molar-refractivity contribution in [2.24, 2.45) is 0 Å². The van der Waals surface area contributed by atoms with Crippen LogP contribution in [0.3, 0.4) is 0 Å². The molecular weight excluding hydrogens is 208 g/mol. The fraction of sp³-hybridized carbons (Fsp3) is 0.273. The fourth-order valence-corrected chi connectivity index (χ4v) is 1.15. The van der Waals surface area contributed by atoms with Gasteiger partial charge in [0.2, 0.25) is 0 Å². The van der Waals surface area contributed by atoms with Crippen LogP contribution in [-0.2, 0) is 0 Å². The van der Waals surface area contributed by atoms with Crippen LogP contribution < -0.4 is 5.32 Å². The van der Waals surface area contributed by atoms with E-state index in [0.717, 1.165) is 0 Å². The monoisotopic (exact) mass is 220 g/mol. The maximum atomic E-state index is 11.6. The Bertz CT molecular complexity index is 412. The zero-order chi connectivity index (χ0) is 12.0. The molecule has 0 saturated carbocycles. The largest absolute Gasteiger partial charge is 0.394 e. The maximum Gasteiger partial charge on any atom is 0.252 e. The van der Waals surface area contributed by atoms with E-state index in [1.807, 2.05) is 6.07 Å². The summed E-state index contributed by atoms with van der Waals surface area (Å²) in [7, 11) is 0. The van der Waals surface area contributed by atoms with Crippen LogP contribution in [0, 0.1) is 11.3 Å². The molecule has 1 aromatic rings. The number of nitrogens with one attached hydrogen (secondary N) is 1. The third-order valence-electron chi connectivity index (χ3n) is 2.00. The summed E-state index contributed by atoms with van der Waals surface area (Å²) in [4.78, 5) is 11.6. The first kappa shape index (κ1) is 12.2. The first-order valence-electron chi connectivity index (χ1n) is 4.75. The molecule has 84 valence electrons. The molecule has 1 rings (SSSR count). The number of nitriles is 1. The highest BCUT2D eigenvalue weighted by Crippen LogP contribution is 2.06. The Labute approximate surface area is 92.9 Å². The molecule has 1 aromatic carbocycles. The predicted octanol–water partition coefficient (Wildman–Crippen LogP) is -0.359. The molecule has 1 atom stereocenters. The first-order valence-corrected chi connectivity index (χ1v) is 4.75. The standard InChI is InChI=1S/C11H12N2O3/c12-5-8-3-1-2-4-10(8)11(16)13-6-9(15)7-14/h1-4,9,14-15H,6-7H2,(H,13,16). The van der Waals surface area contributed by atoms with E-state index in [2.05, 4.69) is 5.32 Å². The molecule has 0 fully saturated rings. The second-order valence-electron chi connectivity index (χ2n) is 3.20. The van der Waals surface area contributed by atoms with Gasteiger partial charge in [0.1, 0.15) is 0 Å². The Balaban J connectivity index is 2.70. The summed E-state index contributed by atoms with van der Waals surface area (Å²) >= 11 is 0. The smallest absolute Gasteiger partial charge is 0.252 e. The second-order valence-corrected chi connectivity index (χ2v) is 3.20. The van der Waals surface area contributed by atoms with Crippen LogP contribution in [0.4, 0.5) is 0 Å². The fourth-order valence-electron chi connectivity index (χ4n) is 1.15. The van der Waals surface area contributed by atoms with Gasteiger partial charge in [0.15, 0.2) is 0 Å². The van der Waals surface area contributed by atoms with E-state index in [-0.39, 0.29) is 17.7 Å². The van der Waals surface area contributed by atoms with Crippen molar-refractivity contribution in [3.63, 3.8) is 0 Å². The number of rotatable bonds is 4. The lowest BCUT2D eigenvalue weighted by atomic mass is 10.1. The van der Waals surface area contributed by atoms with E-state index in [0.29, 0.717) is 0 Å². The lowest BCUT2D eigenvalue weighted by Gasteiger charge is -2.09. The summed E-state index contributed by atoms with van der Waals surface area (Å²) in [5.41, 5.74) is 0.536. The van der Waals surface area contributed by atoms with E-state index in [4.69, 9.17) is 15.5 Å². The molecule has 1 unspecified atom stereocenters. The Morgan fingerprint density at radius 3 is 2.81 bits per heavy atom. The molecule has 0 radical (unpaired) electrons. The zero-order valence-corrected chi connectivity index (χ0v) is 8.55. The zero-order valence-electron chi connectivity index (χ0n) is 8.55. The molecule has 0 aliphatic heterocycles. The second kappa shape index (κ2) is 5.85. The number of amides is 1. The summed E-state index contributed by atoms with van der Waals surface area (Å²) in [5.74, 6) is -0.440. The molecule has 5 nitrogen and oxygen atoms in total. The van der Waals surface area contributed by atoms with Crippen molar-refractivity contribution in [2.45, 2.75) is 6.10 Å². The number of hydrogen-bond acceptors (Lipinski definition) is 4. The van der Waals surface area contributed by atoms with E-state index in [1.54, 1.807) is 12.1 Å². The van der Waals surface area contributed by atoms with E-state index in [9.17, 15) is 4.79 Å². The summed E-state index contributed by atoms with van der Waals surface area (Å²) in [6, 6.07) is 8.29. The van der Waals surface area contributed by atoms with E-state index in [1.165, 1.54) is 12.1 Å². The summed E-state index contributed by atoms with van der Waals surface area (Å²) in [6.45, 7) is -0.463.